The van der Waals surface area contributed by atoms with Crippen molar-refractivity contribution >= 4 is 11.8 Å². The largest absolute Gasteiger partial charge is 0.336 e. The number of amides is 2. The number of carbonyl (C=O) groups excluding carboxylic acids is 2. The Morgan fingerprint density at radius 1 is 1.19 bits per heavy atom. The Hall–Kier alpha value is -1.58. The lowest BCUT2D eigenvalue weighted by molar-refractivity contribution is -0.154. The Labute approximate surface area is 95.2 Å². The SMILES string of the molecule is CN1CCN(CC2=CCCC=C2)C(=O)C1=O. The number of likely N-dealkylation sites (N-methyl/N-ethyl adjacent to an activating group) is 1. The van der Waals surface area contributed by atoms with Crippen LogP contribution in [0.15, 0.2) is 23.8 Å². The molecule has 4 heteroatoms. The zero-order chi connectivity index (χ0) is 11.5. The van der Waals surface area contributed by atoms with E-state index in [1.807, 2.05) is 6.08 Å². The van der Waals surface area contributed by atoms with Gasteiger partial charge in [0.1, 0.15) is 0 Å². The minimum atomic E-state index is -0.397. The lowest BCUT2D eigenvalue weighted by Crippen LogP contribution is -2.53. The highest BCUT2D eigenvalue weighted by atomic mass is 16.2. The zero-order valence-electron chi connectivity index (χ0n) is 9.48. The molecule has 0 atom stereocenters. The molecule has 2 rings (SSSR count). The van der Waals surface area contributed by atoms with Gasteiger partial charge >= 0.3 is 11.8 Å². The number of allylic oxidation sites excluding steroid dienone is 2. The molecule has 1 fully saturated rings. The monoisotopic (exact) mass is 220 g/mol. The standard InChI is InChI=1S/C12H16N2O2/c1-13-7-8-14(12(16)11(13)15)9-10-5-3-2-4-6-10/h3,5-6H,2,4,7-9H2,1H3. The van der Waals surface area contributed by atoms with Crippen molar-refractivity contribution in [1.82, 2.24) is 9.80 Å². The summed E-state index contributed by atoms with van der Waals surface area (Å²) in [5.74, 6) is -0.778. The van der Waals surface area contributed by atoms with Crippen LogP contribution in [0.1, 0.15) is 12.8 Å². The summed E-state index contributed by atoms with van der Waals surface area (Å²) in [7, 11) is 1.66. The average molecular weight is 220 g/mol. The molecule has 0 spiro atoms. The van der Waals surface area contributed by atoms with E-state index < -0.39 is 5.91 Å². The van der Waals surface area contributed by atoms with E-state index in [1.54, 1.807) is 11.9 Å². The molecule has 86 valence electrons. The van der Waals surface area contributed by atoms with Gasteiger partial charge in [0.15, 0.2) is 0 Å². The smallest absolute Gasteiger partial charge is 0.312 e. The van der Waals surface area contributed by atoms with E-state index in [0.717, 1.165) is 18.4 Å². The topological polar surface area (TPSA) is 40.6 Å². The van der Waals surface area contributed by atoms with E-state index in [4.69, 9.17) is 0 Å². The molecule has 0 saturated carbocycles. The van der Waals surface area contributed by atoms with Gasteiger partial charge in [-0.05, 0) is 18.4 Å². The van der Waals surface area contributed by atoms with Crippen molar-refractivity contribution in [3.8, 4) is 0 Å². The molecule has 0 unspecified atom stereocenters. The zero-order valence-corrected chi connectivity index (χ0v) is 9.48. The van der Waals surface area contributed by atoms with Crippen LogP contribution >= 0.6 is 0 Å². The fraction of sp³-hybridized carbons (Fsp3) is 0.500. The fourth-order valence-electron chi connectivity index (χ4n) is 1.93. The summed E-state index contributed by atoms with van der Waals surface area (Å²) in [6, 6.07) is 0. The molecule has 1 saturated heterocycles. The Morgan fingerprint density at radius 2 is 2.00 bits per heavy atom. The maximum Gasteiger partial charge on any atom is 0.312 e. The average Bonchev–Trinajstić information content (AvgIpc) is 2.31. The lowest BCUT2D eigenvalue weighted by Gasteiger charge is -2.31. The van der Waals surface area contributed by atoms with E-state index in [9.17, 15) is 9.59 Å². The summed E-state index contributed by atoms with van der Waals surface area (Å²) < 4.78 is 0. The molecule has 1 aliphatic heterocycles. The molecule has 0 N–H and O–H groups in total. The summed E-state index contributed by atoms with van der Waals surface area (Å²) >= 11 is 0. The second-order valence-corrected chi connectivity index (χ2v) is 4.21. The van der Waals surface area contributed by atoms with E-state index in [-0.39, 0.29) is 5.91 Å². The third-order valence-electron chi connectivity index (χ3n) is 2.97. The van der Waals surface area contributed by atoms with Gasteiger partial charge in [0.2, 0.25) is 0 Å². The van der Waals surface area contributed by atoms with E-state index >= 15 is 0 Å². The molecular weight excluding hydrogens is 204 g/mol. The van der Waals surface area contributed by atoms with Gasteiger partial charge in [-0.2, -0.15) is 0 Å². The third kappa shape index (κ3) is 2.15. The van der Waals surface area contributed by atoms with Gasteiger partial charge in [0.05, 0.1) is 0 Å². The molecule has 0 aromatic rings. The highest BCUT2D eigenvalue weighted by Gasteiger charge is 2.30. The van der Waals surface area contributed by atoms with Crippen LogP contribution in [0.3, 0.4) is 0 Å². The van der Waals surface area contributed by atoms with E-state index in [1.165, 1.54) is 4.90 Å². The number of rotatable bonds is 2. The van der Waals surface area contributed by atoms with Crippen LogP contribution in [0.5, 0.6) is 0 Å². The summed E-state index contributed by atoms with van der Waals surface area (Å²) in [6.45, 7) is 1.82. The highest BCUT2D eigenvalue weighted by Crippen LogP contribution is 2.13. The molecule has 16 heavy (non-hydrogen) atoms. The number of piperazine rings is 1. The quantitative estimate of drug-likeness (QED) is 0.638. The highest BCUT2D eigenvalue weighted by molar-refractivity contribution is 6.35. The van der Waals surface area contributed by atoms with Gasteiger partial charge in [0.25, 0.3) is 0 Å². The first-order valence-corrected chi connectivity index (χ1v) is 5.58. The first-order chi connectivity index (χ1) is 7.68. The van der Waals surface area contributed by atoms with Crippen LogP contribution in [-0.4, -0.2) is 48.3 Å². The van der Waals surface area contributed by atoms with Crippen LogP contribution in [0.25, 0.3) is 0 Å². The van der Waals surface area contributed by atoms with Crippen LogP contribution < -0.4 is 0 Å². The van der Waals surface area contributed by atoms with Gasteiger partial charge in [0, 0.05) is 26.7 Å². The molecule has 4 nitrogen and oxygen atoms in total. The maximum absolute atomic E-state index is 11.7. The number of carbonyl (C=O) groups is 2. The second kappa shape index (κ2) is 4.51. The van der Waals surface area contributed by atoms with Crippen LogP contribution in [-0.2, 0) is 9.59 Å². The lowest BCUT2D eigenvalue weighted by atomic mass is 10.1. The number of nitrogens with zero attached hydrogens (tertiary/aromatic N) is 2. The molecule has 1 heterocycles. The molecule has 2 aliphatic rings. The van der Waals surface area contributed by atoms with Crippen molar-refractivity contribution in [1.29, 1.82) is 0 Å². The molecule has 0 bridgehead atoms. The molecule has 0 aromatic heterocycles. The third-order valence-corrected chi connectivity index (χ3v) is 2.97. The molecular formula is C12H16N2O2. The summed E-state index contributed by atoms with van der Waals surface area (Å²) in [5, 5.41) is 0. The second-order valence-electron chi connectivity index (χ2n) is 4.21. The molecule has 0 aromatic carbocycles. The van der Waals surface area contributed by atoms with Gasteiger partial charge in [-0.1, -0.05) is 18.2 Å². The first kappa shape index (κ1) is 10.9. The van der Waals surface area contributed by atoms with Crippen molar-refractivity contribution in [3.63, 3.8) is 0 Å². The first-order valence-electron chi connectivity index (χ1n) is 5.58. The fourth-order valence-corrected chi connectivity index (χ4v) is 1.93. The van der Waals surface area contributed by atoms with Crippen molar-refractivity contribution < 1.29 is 9.59 Å². The Bertz CT molecular complexity index is 371. The molecule has 2 amide bonds. The minimum Gasteiger partial charge on any atom is -0.336 e. The summed E-state index contributed by atoms with van der Waals surface area (Å²) in [5.41, 5.74) is 1.14. The van der Waals surface area contributed by atoms with Crippen molar-refractivity contribution in [3.05, 3.63) is 23.8 Å². The number of hydrogen-bond acceptors (Lipinski definition) is 2. The van der Waals surface area contributed by atoms with Crippen molar-refractivity contribution in [2.24, 2.45) is 0 Å². The van der Waals surface area contributed by atoms with Crippen LogP contribution in [0, 0.1) is 0 Å². The van der Waals surface area contributed by atoms with Crippen LogP contribution in [0.4, 0.5) is 0 Å². The molecule has 1 aliphatic carbocycles. The van der Waals surface area contributed by atoms with Crippen molar-refractivity contribution in [2.45, 2.75) is 12.8 Å². The normalized spacial score (nSPS) is 21.4. The van der Waals surface area contributed by atoms with Crippen molar-refractivity contribution in [2.75, 3.05) is 26.7 Å². The van der Waals surface area contributed by atoms with Gasteiger partial charge in [-0.15, -0.1) is 0 Å². The van der Waals surface area contributed by atoms with Gasteiger partial charge < -0.3 is 9.80 Å². The Kier molecular flexibility index (Phi) is 3.08. The minimum absolute atomic E-state index is 0.381. The Morgan fingerprint density at radius 3 is 2.69 bits per heavy atom. The molecule has 0 radical (unpaired) electrons. The summed E-state index contributed by atoms with van der Waals surface area (Å²) in [6.07, 6.45) is 8.38. The van der Waals surface area contributed by atoms with E-state index in [0.29, 0.717) is 19.6 Å². The maximum atomic E-state index is 11.7. The van der Waals surface area contributed by atoms with Crippen LogP contribution in [0.2, 0.25) is 0 Å². The van der Waals surface area contributed by atoms with Gasteiger partial charge in [-0.25, -0.2) is 0 Å². The summed E-state index contributed by atoms with van der Waals surface area (Å²) in [4.78, 5) is 26.3. The van der Waals surface area contributed by atoms with E-state index in [2.05, 4.69) is 12.2 Å². The Balaban J connectivity index is 2.00. The number of hydrogen-bond donors (Lipinski definition) is 0. The predicted octanol–water partition coefficient (Wildman–Crippen LogP) is 0.563. The van der Waals surface area contributed by atoms with Gasteiger partial charge in [-0.3, -0.25) is 9.59 Å². The predicted molar refractivity (Wildman–Crippen MR) is 60.7 cm³/mol.